The maximum absolute atomic E-state index is 4.25. The lowest BCUT2D eigenvalue weighted by atomic mass is 10.4. The van der Waals surface area contributed by atoms with Gasteiger partial charge in [0.2, 0.25) is 5.95 Å². The summed E-state index contributed by atoms with van der Waals surface area (Å²) in [6, 6.07) is 1.85. The molecule has 78 valence electrons. The summed E-state index contributed by atoms with van der Waals surface area (Å²) < 4.78 is 1.56. The van der Waals surface area contributed by atoms with Crippen LogP contribution < -0.4 is 5.32 Å². The summed E-state index contributed by atoms with van der Waals surface area (Å²) in [5.74, 6) is 1.37. The number of aromatic nitrogens is 6. The molecule has 0 aliphatic rings. The van der Waals surface area contributed by atoms with Crippen molar-refractivity contribution in [1.29, 1.82) is 0 Å². The van der Waals surface area contributed by atoms with Crippen LogP contribution in [-0.2, 0) is 13.6 Å². The van der Waals surface area contributed by atoms with Crippen molar-refractivity contribution in [2.45, 2.75) is 13.5 Å². The van der Waals surface area contributed by atoms with Gasteiger partial charge in [-0.1, -0.05) is 5.10 Å². The molecule has 15 heavy (non-hydrogen) atoms. The third-order valence-corrected chi connectivity index (χ3v) is 1.88. The van der Waals surface area contributed by atoms with Crippen molar-refractivity contribution in [3.63, 3.8) is 0 Å². The van der Waals surface area contributed by atoms with Crippen LogP contribution >= 0.6 is 0 Å². The Kier molecular flexibility index (Phi) is 2.53. The summed E-state index contributed by atoms with van der Waals surface area (Å²) in [5.41, 5.74) is 0.908. The van der Waals surface area contributed by atoms with Gasteiger partial charge in [0.15, 0.2) is 0 Å². The monoisotopic (exact) mass is 205 g/mol. The third-order valence-electron chi connectivity index (χ3n) is 1.88. The van der Waals surface area contributed by atoms with Gasteiger partial charge in [-0.05, 0) is 23.4 Å². The number of nitrogens with one attached hydrogen (secondary N) is 1. The molecule has 2 aromatic rings. The highest BCUT2D eigenvalue weighted by atomic mass is 15.6. The molecule has 0 bridgehead atoms. The number of rotatable bonds is 3. The summed E-state index contributed by atoms with van der Waals surface area (Å²) in [4.78, 5) is 8.27. The van der Waals surface area contributed by atoms with E-state index in [1.807, 2.05) is 13.0 Å². The molecule has 1 N–H and O–H groups in total. The van der Waals surface area contributed by atoms with E-state index in [0.29, 0.717) is 12.5 Å². The second-order valence-electron chi connectivity index (χ2n) is 3.07. The molecule has 0 aromatic carbocycles. The van der Waals surface area contributed by atoms with Crippen molar-refractivity contribution in [3.8, 4) is 0 Å². The van der Waals surface area contributed by atoms with Gasteiger partial charge in [-0.15, -0.1) is 0 Å². The predicted molar refractivity (Wildman–Crippen MR) is 52.9 cm³/mol. The molecule has 0 fully saturated rings. The van der Waals surface area contributed by atoms with Gasteiger partial charge in [-0.2, -0.15) is 0 Å². The van der Waals surface area contributed by atoms with Crippen LogP contribution in [0.5, 0.6) is 0 Å². The zero-order valence-electron chi connectivity index (χ0n) is 8.55. The standard InChI is InChI=1S/C8H11N7/c1-6-9-4-3-7(11-6)5-10-8-12-13-14-15(8)2/h3-4H,5H2,1-2H3,(H,10,12,14). The Morgan fingerprint density at radius 1 is 1.47 bits per heavy atom. The first-order chi connectivity index (χ1) is 7.25. The van der Waals surface area contributed by atoms with Gasteiger partial charge >= 0.3 is 0 Å². The number of nitrogens with zero attached hydrogens (tertiary/aromatic N) is 6. The van der Waals surface area contributed by atoms with E-state index in [-0.39, 0.29) is 0 Å². The fourth-order valence-corrected chi connectivity index (χ4v) is 1.15. The van der Waals surface area contributed by atoms with E-state index in [2.05, 4.69) is 30.8 Å². The molecule has 0 aliphatic carbocycles. The molecular weight excluding hydrogens is 194 g/mol. The molecule has 0 saturated carbocycles. The summed E-state index contributed by atoms with van der Waals surface area (Å²) in [7, 11) is 1.77. The number of hydrogen-bond donors (Lipinski definition) is 1. The van der Waals surface area contributed by atoms with Crippen LogP contribution in [0.25, 0.3) is 0 Å². The number of aryl methyl sites for hydroxylation is 2. The molecule has 0 atom stereocenters. The Labute approximate surface area is 86.6 Å². The zero-order valence-corrected chi connectivity index (χ0v) is 8.55. The smallest absolute Gasteiger partial charge is 0.242 e. The Bertz CT molecular complexity index is 450. The van der Waals surface area contributed by atoms with Crippen LogP contribution in [0.2, 0.25) is 0 Å². The molecule has 2 heterocycles. The maximum atomic E-state index is 4.25. The van der Waals surface area contributed by atoms with E-state index in [0.717, 1.165) is 11.5 Å². The van der Waals surface area contributed by atoms with Gasteiger partial charge in [0, 0.05) is 13.2 Å². The highest BCUT2D eigenvalue weighted by Gasteiger charge is 2.01. The van der Waals surface area contributed by atoms with E-state index in [4.69, 9.17) is 0 Å². The zero-order chi connectivity index (χ0) is 10.7. The lowest BCUT2D eigenvalue weighted by molar-refractivity contribution is 0.711. The third kappa shape index (κ3) is 2.25. The molecule has 0 spiro atoms. The Balaban J connectivity index is 2.02. The molecule has 2 rings (SSSR count). The summed E-state index contributed by atoms with van der Waals surface area (Å²) in [6.07, 6.45) is 1.73. The van der Waals surface area contributed by atoms with Gasteiger partial charge in [-0.3, -0.25) is 0 Å². The minimum Gasteiger partial charge on any atom is -0.347 e. The van der Waals surface area contributed by atoms with Gasteiger partial charge in [0.25, 0.3) is 0 Å². The van der Waals surface area contributed by atoms with Crippen molar-refractivity contribution in [3.05, 3.63) is 23.8 Å². The maximum Gasteiger partial charge on any atom is 0.242 e. The summed E-state index contributed by atoms with van der Waals surface area (Å²) in [6.45, 7) is 2.44. The molecule has 0 radical (unpaired) electrons. The summed E-state index contributed by atoms with van der Waals surface area (Å²) in [5, 5.41) is 14.1. The second kappa shape index (κ2) is 3.99. The largest absolute Gasteiger partial charge is 0.347 e. The van der Waals surface area contributed by atoms with E-state index in [1.54, 1.807) is 17.9 Å². The van der Waals surface area contributed by atoms with Crippen molar-refractivity contribution in [2.75, 3.05) is 5.32 Å². The topological polar surface area (TPSA) is 81.4 Å². The Morgan fingerprint density at radius 2 is 2.33 bits per heavy atom. The van der Waals surface area contributed by atoms with Crippen molar-refractivity contribution in [2.24, 2.45) is 7.05 Å². The first-order valence-electron chi connectivity index (χ1n) is 4.50. The molecule has 0 unspecified atom stereocenters. The fourth-order valence-electron chi connectivity index (χ4n) is 1.15. The van der Waals surface area contributed by atoms with Gasteiger partial charge in [0.1, 0.15) is 5.82 Å². The van der Waals surface area contributed by atoms with E-state index < -0.39 is 0 Å². The van der Waals surface area contributed by atoms with E-state index in [9.17, 15) is 0 Å². The minimum absolute atomic E-state index is 0.581. The molecule has 7 nitrogen and oxygen atoms in total. The van der Waals surface area contributed by atoms with E-state index in [1.165, 1.54) is 0 Å². The molecular formula is C8H11N7. The number of tetrazole rings is 1. The predicted octanol–water partition coefficient (Wildman–Crippen LogP) is -0.0794. The number of anilines is 1. The lowest BCUT2D eigenvalue weighted by Crippen LogP contribution is -2.07. The molecule has 0 saturated heterocycles. The van der Waals surface area contributed by atoms with Gasteiger partial charge in [0.05, 0.1) is 12.2 Å². The van der Waals surface area contributed by atoms with Crippen LogP contribution in [-0.4, -0.2) is 30.2 Å². The fraction of sp³-hybridized carbons (Fsp3) is 0.375. The van der Waals surface area contributed by atoms with Gasteiger partial charge in [-0.25, -0.2) is 14.6 Å². The lowest BCUT2D eigenvalue weighted by Gasteiger charge is -2.03. The Morgan fingerprint density at radius 3 is 3.00 bits per heavy atom. The van der Waals surface area contributed by atoms with Gasteiger partial charge < -0.3 is 5.32 Å². The molecule has 0 amide bonds. The number of hydrogen-bond acceptors (Lipinski definition) is 6. The Hall–Kier alpha value is -2.05. The van der Waals surface area contributed by atoms with Crippen LogP contribution in [0, 0.1) is 6.92 Å². The van der Waals surface area contributed by atoms with Crippen LogP contribution in [0.1, 0.15) is 11.5 Å². The highest BCUT2D eigenvalue weighted by Crippen LogP contribution is 2.00. The first kappa shape index (κ1) is 9.50. The molecule has 2 aromatic heterocycles. The van der Waals surface area contributed by atoms with Crippen molar-refractivity contribution < 1.29 is 0 Å². The highest BCUT2D eigenvalue weighted by molar-refractivity contribution is 5.22. The average Bonchev–Trinajstić information content (AvgIpc) is 2.61. The quantitative estimate of drug-likeness (QED) is 0.754. The van der Waals surface area contributed by atoms with Crippen molar-refractivity contribution in [1.82, 2.24) is 30.2 Å². The van der Waals surface area contributed by atoms with Crippen LogP contribution in [0.3, 0.4) is 0 Å². The van der Waals surface area contributed by atoms with Crippen molar-refractivity contribution >= 4 is 5.95 Å². The normalized spacial score (nSPS) is 10.3. The first-order valence-corrected chi connectivity index (χ1v) is 4.50. The second-order valence-corrected chi connectivity index (χ2v) is 3.07. The molecule has 7 heteroatoms. The van der Waals surface area contributed by atoms with E-state index >= 15 is 0 Å². The molecule has 0 aliphatic heterocycles. The average molecular weight is 205 g/mol. The van der Waals surface area contributed by atoms with Crippen LogP contribution in [0.15, 0.2) is 12.3 Å². The minimum atomic E-state index is 0.581. The SMILES string of the molecule is Cc1nccc(CNc2nnnn2C)n1. The van der Waals surface area contributed by atoms with Crippen LogP contribution in [0.4, 0.5) is 5.95 Å². The summed E-state index contributed by atoms with van der Waals surface area (Å²) >= 11 is 0.